The minimum atomic E-state index is -0.293. The third-order valence-electron chi connectivity index (χ3n) is 5.22. The minimum absolute atomic E-state index is 0.00364. The van der Waals surface area contributed by atoms with E-state index in [0.717, 1.165) is 11.3 Å². The molecule has 2 aromatic rings. The third-order valence-corrected chi connectivity index (χ3v) is 5.96. The molecule has 0 saturated heterocycles. The van der Waals surface area contributed by atoms with Crippen molar-refractivity contribution in [1.82, 2.24) is 19.7 Å². The Hall–Kier alpha value is -2.18. The van der Waals surface area contributed by atoms with Gasteiger partial charge >= 0.3 is 6.03 Å². The first-order valence-electron chi connectivity index (χ1n) is 10.2. The molecule has 0 spiro atoms. The van der Waals surface area contributed by atoms with E-state index in [4.69, 9.17) is 23.2 Å². The van der Waals surface area contributed by atoms with Gasteiger partial charge in [-0.15, -0.1) is 0 Å². The lowest BCUT2D eigenvalue weighted by molar-refractivity contribution is -0.134. The predicted octanol–water partition coefficient (Wildman–Crippen LogP) is 4.55. The van der Waals surface area contributed by atoms with E-state index >= 15 is 0 Å². The number of aromatic nitrogens is 1. The lowest BCUT2D eigenvalue weighted by Gasteiger charge is -2.39. The topological polar surface area (TPSA) is 57.6 Å². The van der Waals surface area contributed by atoms with Gasteiger partial charge in [-0.3, -0.25) is 4.79 Å². The number of carbonyl (C=O) groups excluding carboxylic acids is 2. The average Bonchev–Trinajstić information content (AvgIpc) is 3.15. The zero-order chi connectivity index (χ0) is 22.0. The van der Waals surface area contributed by atoms with Crippen LogP contribution in [-0.2, 0) is 11.3 Å². The summed E-state index contributed by atoms with van der Waals surface area (Å²) in [5, 5.41) is 3.80. The summed E-state index contributed by atoms with van der Waals surface area (Å²) in [4.78, 5) is 29.4. The fraction of sp³-hybridized carbons (Fsp3) is 0.455. The smallest absolute Gasteiger partial charge is 0.318 e. The molecule has 3 amide bonds. The van der Waals surface area contributed by atoms with Crippen molar-refractivity contribution >= 4 is 35.1 Å². The van der Waals surface area contributed by atoms with Gasteiger partial charge in [0.2, 0.25) is 5.91 Å². The summed E-state index contributed by atoms with van der Waals surface area (Å²) in [7, 11) is 0. The number of amides is 3. The number of benzene rings is 1. The van der Waals surface area contributed by atoms with Gasteiger partial charge in [0, 0.05) is 37.1 Å². The first-order valence-corrected chi connectivity index (χ1v) is 10.9. The second kappa shape index (κ2) is 9.31. The predicted molar refractivity (Wildman–Crippen MR) is 120 cm³/mol. The van der Waals surface area contributed by atoms with E-state index in [-0.39, 0.29) is 36.6 Å². The Morgan fingerprint density at radius 1 is 1.13 bits per heavy atom. The highest BCUT2D eigenvalue weighted by Gasteiger charge is 2.34. The number of carbonyl (C=O) groups is 2. The normalized spacial score (nSPS) is 16.0. The Kier molecular flexibility index (Phi) is 6.98. The van der Waals surface area contributed by atoms with E-state index in [1.807, 2.05) is 63.1 Å². The van der Waals surface area contributed by atoms with Crippen LogP contribution in [0.25, 0.3) is 0 Å². The van der Waals surface area contributed by atoms with E-state index in [1.165, 1.54) is 0 Å². The molecule has 0 aliphatic carbocycles. The van der Waals surface area contributed by atoms with Crippen LogP contribution in [-0.4, -0.2) is 51.5 Å². The van der Waals surface area contributed by atoms with Crippen LogP contribution in [0.2, 0.25) is 10.0 Å². The molecule has 30 heavy (non-hydrogen) atoms. The van der Waals surface area contributed by atoms with E-state index < -0.39 is 0 Å². The van der Waals surface area contributed by atoms with Gasteiger partial charge in [-0.25, -0.2) is 4.79 Å². The molecule has 0 bridgehead atoms. The summed E-state index contributed by atoms with van der Waals surface area (Å²) >= 11 is 12.4. The molecule has 0 fully saturated rings. The standard InChI is InChI=1S/C22H28Cl2N4O2/c1-14(2)25-22(30)28(15(3)4)13-20(29)27-11-10-26-9-5-6-19(26)21(27)16-7-8-17(23)18(24)12-16/h5-9,12,14-15,21H,10-11,13H2,1-4H3,(H,25,30). The van der Waals surface area contributed by atoms with Crippen LogP contribution < -0.4 is 5.32 Å². The fourth-order valence-corrected chi connectivity index (χ4v) is 4.05. The molecule has 1 aliphatic heterocycles. The molecular weight excluding hydrogens is 423 g/mol. The highest BCUT2D eigenvalue weighted by molar-refractivity contribution is 6.42. The molecule has 1 aromatic heterocycles. The van der Waals surface area contributed by atoms with Gasteiger partial charge in [0.25, 0.3) is 0 Å². The minimum Gasteiger partial charge on any atom is -0.348 e. The average molecular weight is 451 g/mol. The molecule has 0 radical (unpaired) electrons. The van der Waals surface area contributed by atoms with Crippen LogP contribution in [0.15, 0.2) is 36.5 Å². The van der Waals surface area contributed by atoms with Gasteiger partial charge in [-0.2, -0.15) is 0 Å². The molecule has 3 rings (SSSR count). The number of rotatable bonds is 5. The number of halogens is 2. The maximum absolute atomic E-state index is 13.4. The number of hydrogen-bond donors (Lipinski definition) is 1. The summed E-state index contributed by atoms with van der Waals surface area (Å²) in [5.41, 5.74) is 1.90. The number of fused-ring (bicyclic) bond motifs is 1. The van der Waals surface area contributed by atoms with Gasteiger partial charge in [0.15, 0.2) is 0 Å². The number of nitrogens with one attached hydrogen (secondary N) is 1. The third kappa shape index (κ3) is 4.76. The Bertz CT molecular complexity index is 926. The van der Waals surface area contributed by atoms with Crippen molar-refractivity contribution in [3.05, 3.63) is 57.8 Å². The van der Waals surface area contributed by atoms with Gasteiger partial charge in [-0.1, -0.05) is 29.3 Å². The summed E-state index contributed by atoms with van der Waals surface area (Å²) < 4.78 is 2.14. The van der Waals surface area contributed by atoms with Crippen molar-refractivity contribution in [2.24, 2.45) is 0 Å². The molecule has 1 aliphatic rings. The van der Waals surface area contributed by atoms with Crippen molar-refractivity contribution < 1.29 is 9.59 Å². The number of hydrogen-bond acceptors (Lipinski definition) is 2. The largest absolute Gasteiger partial charge is 0.348 e. The van der Waals surface area contributed by atoms with Crippen LogP contribution in [0, 0.1) is 0 Å². The first kappa shape index (κ1) is 22.5. The van der Waals surface area contributed by atoms with Crippen LogP contribution in [0.3, 0.4) is 0 Å². The highest BCUT2D eigenvalue weighted by Crippen LogP contribution is 2.35. The van der Waals surface area contributed by atoms with Crippen molar-refractivity contribution in [2.45, 2.75) is 52.4 Å². The van der Waals surface area contributed by atoms with Gasteiger partial charge in [-0.05, 0) is 57.5 Å². The molecule has 1 unspecified atom stereocenters. The second-order valence-corrected chi connectivity index (χ2v) is 8.93. The van der Waals surface area contributed by atoms with Crippen LogP contribution in [0.5, 0.6) is 0 Å². The van der Waals surface area contributed by atoms with Crippen molar-refractivity contribution in [1.29, 1.82) is 0 Å². The van der Waals surface area contributed by atoms with E-state index in [1.54, 1.807) is 11.0 Å². The number of urea groups is 1. The van der Waals surface area contributed by atoms with E-state index in [9.17, 15) is 9.59 Å². The van der Waals surface area contributed by atoms with Crippen LogP contribution >= 0.6 is 23.2 Å². The molecule has 6 nitrogen and oxygen atoms in total. The van der Waals surface area contributed by atoms with Crippen molar-refractivity contribution in [3.63, 3.8) is 0 Å². The Labute approximate surface area is 187 Å². The summed E-state index contributed by atoms with van der Waals surface area (Å²) in [5.74, 6) is -0.105. The molecular formula is C22H28Cl2N4O2. The van der Waals surface area contributed by atoms with E-state index in [2.05, 4.69) is 9.88 Å². The molecule has 2 heterocycles. The molecule has 0 saturated carbocycles. The fourth-order valence-electron chi connectivity index (χ4n) is 3.74. The Balaban J connectivity index is 1.91. The van der Waals surface area contributed by atoms with Gasteiger partial charge in [0.05, 0.1) is 16.1 Å². The molecule has 1 N–H and O–H groups in total. The maximum atomic E-state index is 13.4. The Morgan fingerprint density at radius 2 is 1.87 bits per heavy atom. The SMILES string of the molecule is CC(C)NC(=O)N(CC(=O)N1CCn2cccc2C1c1ccc(Cl)c(Cl)c1)C(C)C. The van der Waals surface area contributed by atoms with Crippen molar-refractivity contribution in [2.75, 3.05) is 13.1 Å². The summed E-state index contributed by atoms with van der Waals surface area (Å²) in [6.45, 7) is 8.87. The zero-order valence-electron chi connectivity index (χ0n) is 17.7. The van der Waals surface area contributed by atoms with Gasteiger partial charge < -0.3 is 19.7 Å². The quantitative estimate of drug-likeness (QED) is 0.725. The maximum Gasteiger partial charge on any atom is 0.318 e. The van der Waals surface area contributed by atoms with Gasteiger partial charge in [0.1, 0.15) is 6.54 Å². The summed E-state index contributed by atoms with van der Waals surface area (Å²) in [6.07, 6.45) is 2.01. The molecule has 1 aromatic carbocycles. The molecule has 162 valence electrons. The van der Waals surface area contributed by atoms with Crippen LogP contribution in [0.4, 0.5) is 4.79 Å². The van der Waals surface area contributed by atoms with Crippen molar-refractivity contribution in [3.8, 4) is 0 Å². The second-order valence-electron chi connectivity index (χ2n) is 8.12. The summed E-state index contributed by atoms with van der Waals surface area (Å²) in [6, 6.07) is 8.80. The van der Waals surface area contributed by atoms with Crippen LogP contribution in [0.1, 0.15) is 45.0 Å². The monoisotopic (exact) mass is 450 g/mol. The highest BCUT2D eigenvalue weighted by atomic mass is 35.5. The lowest BCUT2D eigenvalue weighted by Crippen LogP contribution is -2.52. The molecule has 1 atom stereocenters. The zero-order valence-corrected chi connectivity index (χ0v) is 19.2. The molecule has 8 heteroatoms. The lowest BCUT2D eigenvalue weighted by atomic mass is 9.99. The number of nitrogens with zero attached hydrogens (tertiary/aromatic N) is 3. The Morgan fingerprint density at radius 3 is 2.50 bits per heavy atom. The van der Waals surface area contributed by atoms with E-state index in [0.29, 0.717) is 23.1 Å². The first-order chi connectivity index (χ1) is 14.2.